The summed E-state index contributed by atoms with van der Waals surface area (Å²) in [5.41, 5.74) is 0. The van der Waals surface area contributed by atoms with Gasteiger partial charge in [-0.2, -0.15) is 0 Å². The fourth-order valence-corrected chi connectivity index (χ4v) is 1.05. The number of rotatable bonds is 0. The SMILES string of the molecule is C1=CC2=C(CCO2)OC1. The van der Waals surface area contributed by atoms with E-state index in [0.717, 1.165) is 24.5 Å². The molecular weight excluding hydrogens is 116 g/mol. The minimum Gasteiger partial charge on any atom is -0.490 e. The molecule has 9 heavy (non-hydrogen) atoms. The maximum absolute atomic E-state index is 5.27. The molecule has 2 aliphatic rings. The van der Waals surface area contributed by atoms with Crippen molar-refractivity contribution in [2.45, 2.75) is 6.42 Å². The summed E-state index contributed by atoms with van der Waals surface area (Å²) in [4.78, 5) is 0. The van der Waals surface area contributed by atoms with Crippen LogP contribution in [0.1, 0.15) is 6.42 Å². The Kier molecular flexibility index (Phi) is 0.979. The third kappa shape index (κ3) is 0.707. The molecule has 0 aliphatic carbocycles. The summed E-state index contributed by atoms with van der Waals surface area (Å²) in [7, 11) is 0. The highest BCUT2D eigenvalue weighted by molar-refractivity contribution is 5.22. The lowest BCUT2D eigenvalue weighted by Gasteiger charge is -2.07. The van der Waals surface area contributed by atoms with Crippen LogP contribution in [0, 0.1) is 0 Å². The smallest absolute Gasteiger partial charge is 0.156 e. The molecular formula is C7H8O2. The molecule has 2 rings (SSSR count). The van der Waals surface area contributed by atoms with Crippen molar-refractivity contribution in [3.63, 3.8) is 0 Å². The standard InChI is InChI=1S/C7H8O2/c1-2-6-7(8-4-1)3-5-9-6/h1-2H,3-5H2. The third-order valence-corrected chi connectivity index (χ3v) is 1.48. The van der Waals surface area contributed by atoms with Crippen LogP contribution in [0.4, 0.5) is 0 Å². The zero-order chi connectivity index (χ0) is 6.10. The summed E-state index contributed by atoms with van der Waals surface area (Å²) >= 11 is 0. The maximum atomic E-state index is 5.27. The Hall–Kier alpha value is -0.920. The predicted molar refractivity (Wildman–Crippen MR) is 32.7 cm³/mol. The molecule has 2 heteroatoms. The second-order valence-corrected chi connectivity index (χ2v) is 2.10. The lowest BCUT2D eigenvalue weighted by molar-refractivity contribution is 0.228. The first-order valence-corrected chi connectivity index (χ1v) is 3.12. The number of hydrogen-bond donors (Lipinski definition) is 0. The van der Waals surface area contributed by atoms with Gasteiger partial charge in [-0.05, 0) is 12.2 Å². The van der Waals surface area contributed by atoms with Crippen LogP contribution in [0.15, 0.2) is 23.7 Å². The summed E-state index contributed by atoms with van der Waals surface area (Å²) in [6, 6.07) is 0. The van der Waals surface area contributed by atoms with Gasteiger partial charge in [-0.3, -0.25) is 0 Å². The van der Waals surface area contributed by atoms with E-state index in [-0.39, 0.29) is 0 Å². The minimum absolute atomic E-state index is 0.711. The van der Waals surface area contributed by atoms with E-state index in [4.69, 9.17) is 9.47 Å². The second kappa shape index (κ2) is 1.79. The normalized spacial score (nSPS) is 23.1. The van der Waals surface area contributed by atoms with Crippen LogP contribution in [-0.4, -0.2) is 13.2 Å². The summed E-state index contributed by atoms with van der Waals surface area (Å²) in [5, 5.41) is 0. The molecule has 0 fully saturated rings. The molecule has 0 aromatic heterocycles. The Balaban J connectivity index is 2.28. The van der Waals surface area contributed by atoms with Crippen molar-refractivity contribution in [1.82, 2.24) is 0 Å². The van der Waals surface area contributed by atoms with Crippen LogP contribution in [0.2, 0.25) is 0 Å². The molecule has 0 atom stereocenters. The molecule has 0 N–H and O–H groups in total. The highest BCUT2D eigenvalue weighted by atomic mass is 16.5. The van der Waals surface area contributed by atoms with Gasteiger partial charge >= 0.3 is 0 Å². The summed E-state index contributed by atoms with van der Waals surface area (Å²) in [5.74, 6) is 1.96. The topological polar surface area (TPSA) is 18.5 Å². The molecule has 0 saturated heterocycles. The van der Waals surface area contributed by atoms with E-state index in [1.54, 1.807) is 0 Å². The largest absolute Gasteiger partial charge is 0.490 e. The average Bonchev–Trinajstić information content (AvgIpc) is 2.33. The van der Waals surface area contributed by atoms with Gasteiger partial charge in [-0.25, -0.2) is 0 Å². The first-order valence-electron chi connectivity index (χ1n) is 3.12. The van der Waals surface area contributed by atoms with Crippen molar-refractivity contribution >= 4 is 0 Å². The first-order chi connectivity index (χ1) is 4.47. The van der Waals surface area contributed by atoms with Gasteiger partial charge in [0.25, 0.3) is 0 Å². The Bertz CT molecular complexity index is 179. The van der Waals surface area contributed by atoms with Crippen LogP contribution in [0.5, 0.6) is 0 Å². The van der Waals surface area contributed by atoms with E-state index in [0.29, 0.717) is 6.61 Å². The molecule has 2 heterocycles. The van der Waals surface area contributed by atoms with Crippen molar-refractivity contribution in [3.8, 4) is 0 Å². The molecule has 0 radical (unpaired) electrons. The Morgan fingerprint density at radius 2 is 2.33 bits per heavy atom. The van der Waals surface area contributed by atoms with Gasteiger partial charge in [0.1, 0.15) is 12.4 Å². The van der Waals surface area contributed by atoms with Gasteiger partial charge in [-0.1, -0.05) is 0 Å². The molecule has 0 unspecified atom stereocenters. The van der Waals surface area contributed by atoms with Gasteiger partial charge in [0.2, 0.25) is 0 Å². The Morgan fingerprint density at radius 3 is 3.22 bits per heavy atom. The van der Waals surface area contributed by atoms with Gasteiger partial charge in [0.05, 0.1) is 6.61 Å². The van der Waals surface area contributed by atoms with Crippen molar-refractivity contribution in [3.05, 3.63) is 23.7 Å². The minimum atomic E-state index is 0.711. The highest BCUT2D eigenvalue weighted by Gasteiger charge is 2.16. The van der Waals surface area contributed by atoms with Crippen molar-refractivity contribution in [1.29, 1.82) is 0 Å². The fraction of sp³-hybridized carbons (Fsp3) is 0.429. The molecule has 0 saturated carbocycles. The number of hydrogen-bond acceptors (Lipinski definition) is 2. The van der Waals surface area contributed by atoms with Crippen molar-refractivity contribution in [2.75, 3.05) is 13.2 Å². The van der Waals surface area contributed by atoms with Crippen LogP contribution in [0.3, 0.4) is 0 Å². The van der Waals surface area contributed by atoms with E-state index in [9.17, 15) is 0 Å². The summed E-state index contributed by atoms with van der Waals surface area (Å²) in [6.45, 7) is 1.50. The number of allylic oxidation sites excluding steroid dienone is 1. The van der Waals surface area contributed by atoms with Gasteiger partial charge in [0, 0.05) is 6.42 Å². The van der Waals surface area contributed by atoms with Crippen LogP contribution < -0.4 is 0 Å². The second-order valence-electron chi connectivity index (χ2n) is 2.10. The Labute approximate surface area is 53.8 Å². The molecule has 0 aromatic rings. The van der Waals surface area contributed by atoms with E-state index in [1.807, 2.05) is 12.2 Å². The summed E-state index contributed by atoms with van der Waals surface area (Å²) < 4.78 is 10.5. The zero-order valence-electron chi connectivity index (χ0n) is 5.09. The maximum Gasteiger partial charge on any atom is 0.156 e. The molecule has 0 amide bonds. The molecule has 0 spiro atoms. The van der Waals surface area contributed by atoms with Crippen LogP contribution in [0.25, 0.3) is 0 Å². The quantitative estimate of drug-likeness (QED) is 0.483. The molecule has 2 aliphatic heterocycles. The lowest BCUT2D eigenvalue weighted by atomic mass is 10.3. The van der Waals surface area contributed by atoms with E-state index < -0.39 is 0 Å². The molecule has 0 aromatic carbocycles. The van der Waals surface area contributed by atoms with Gasteiger partial charge < -0.3 is 9.47 Å². The third-order valence-electron chi connectivity index (χ3n) is 1.48. The van der Waals surface area contributed by atoms with Gasteiger partial charge in [-0.15, -0.1) is 0 Å². The zero-order valence-corrected chi connectivity index (χ0v) is 5.09. The summed E-state index contributed by atoms with van der Waals surface area (Å²) in [6.07, 6.45) is 4.88. The first kappa shape index (κ1) is 4.91. The molecule has 48 valence electrons. The molecule has 2 nitrogen and oxygen atoms in total. The average molecular weight is 124 g/mol. The Morgan fingerprint density at radius 1 is 1.33 bits per heavy atom. The molecule has 0 bridgehead atoms. The fourth-order valence-electron chi connectivity index (χ4n) is 1.05. The number of ether oxygens (including phenoxy) is 2. The lowest BCUT2D eigenvalue weighted by Crippen LogP contribution is -1.96. The van der Waals surface area contributed by atoms with E-state index >= 15 is 0 Å². The van der Waals surface area contributed by atoms with E-state index in [1.165, 1.54) is 0 Å². The van der Waals surface area contributed by atoms with E-state index in [2.05, 4.69) is 0 Å². The monoisotopic (exact) mass is 124 g/mol. The van der Waals surface area contributed by atoms with Gasteiger partial charge in [0.15, 0.2) is 5.76 Å². The predicted octanol–water partition coefficient (Wildman–Crippen LogP) is 1.20. The van der Waals surface area contributed by atoms with Crippen molar-refractivity contribution in [2.24, 2.45) is 0 Å². The van der Waals surface area contributed by atoms with Crippen molar-refractivity contribution < 1.29 is 9.47 Å². The van der Waals surface area contributed by atoms with Crippen LogP contribution >= 0.6 is 0 Å². The van der Waals surface area contributed by atoms with Crippen LogP contribution in [-0.2, 0) is 9.47 Å². The highest BCUT2D eigenvalue weighted by Crippen LogP contribution is 2.23.